The maximum absolute atomic E-state index is 12.9. The van der Waals surface area contributed by atoms with Crippen LogP contribution in [0.15, 0.2) is 72.8 Å². The van der Waals surface area contributed by atoms with Gasteiger partial charge in [-0.1, -0.05) is 48.5 Å². The minimum Gasteiger partial charge on any atom is -0.504 e. The summed E-state index contributed by atoms with van der Waals surface area (Å²) in [5.74, 6) is -0.874. The number of benzene rings is 3. The van der Waals surface area contributed by atoms with Gasteiger partial charge in [-0.3, -0.25) is 5.32 Å². The number of methoxy groups -OCH3 is 2. The van der Waals surface area contributed by atoms with E-state index in [1.54, 1.807) is 18.2 Å². The number of carboxylic acids is 1. The van der Waals surface area contributed by atoms with Crippen LogP contribution >= 0.6 is 0 Å². The fourth-order valence-corrected chi connectivity index (χ4v) is 3.67. The number of phenolic OH excluding ortho intramolecular Hbond substituents is 1. The molecule has 8 nitrogen and oxygen atoms in total. The molecule has 1 amide bonds. The molecule has 0 aliphatic carbocycles. The number of carbonyl (C=O) groups excluding carboxylic acids is 1. The van der Waals surface area contributed by atoms with E-state index in [0.29, 0.717) is 24.1 Å². The van der Waals surface area contributed by atoms with Crippen molar-refractivity contribution in [2.45, 2.75) is 25.0 Å². The molecule has 0 saturated carbocycles. The predicted molar refractivity (Wildman–Crippen MR) is 128 cm³/mol. The summed E-state index contributed by atoms with van der Waals surface area (Å²) in [4.78, 5) is 23.7. The second-order valence-corrected chi connectivity index (χ2v) is 7.50. The lowest BCUT2D eigenvalue weighted by Crippen LogP contribution is -2.28. The third kappa shape index (κ3) is 6.26. The molecule has 0 aliphatic heterocycles. The summed E-state index contributed by atoms with van der Waals surface area (Å²) in [7, 11) is 2.92. The summed E-state index contributed by atoms with van der Waals surface area (Å²) in [5.41, 5.74) is 1.10. The number of aromatic hydroxyl groups is 1. The number of anilines is 1. The first kappa shape index (κ1) is 24.6. The number of allylic oxidation sites excluding steroid dienone is 1. The number of hydrogen-bond donors (Lipinski definition) is 3. The first-order valence-electron chi connectivity index (χ1n) is 10.7. The Balaban J connectivity index is 1.85. The lowest BCUT2D eigenvalue weighted by Gasteiger charge is -2.26. The monoisotopic (exact) mass is 465 g/mol. The molecule has 0 heterocycles. The Morgan fingerprint density at radius 3 is 2.53 bits per heavy atom. The SMILES string of the molecule is COc1ccc([C@@H](OC(=O)Nc2cccc3ccccc23)[C@@H](CC/C=C/C(=O)O)OC)cc1O. The predicted octanol–water partition coefficient (Wildman–Crippen LogP) is 5.28. The molecule has 3 aromatic rings. The number of fused-ring (bicyclic) bond motifs is 1. The van der Waals surface area contributed by atoms with Crippen molar-refractivity contribution in [2.75, 3.05) is 19.5 Å². The molecule has 3 rings (SSSR count). The number of carboxylic acid groups (broad SMARTS) is 1. The lowest BCUT2D eigenvalue weighted by molar-refractivity contribution is -0.131. The molecule has 34 heavy (non-hydrogen) atoms. The highest BCUT2D eigenvalue weighted by molar-refractivity contribution is 6.00. The van der Waals surface area contributed by atoms with Crippen LogP contribution in [0.3, 0.4) is 0 Å². The molecule has 0 radical (unpaired) electrons. The summed E-state index contributed by atoms with van der Waals surface area (Å²) >= 11 is 0. The van der Waals surface area contributed by atoms with Crippen LogP contribution in [0.4, 0.5) is 10.5 Å². The minimum absolute atomic E-state index is 0.108. The van der Waals surface area contributed by atoms with E-state index in [9.17, 15) is 14.7 Å². The van der Waals surface area contributed by atoms with Gasteiger partial charge >= 0.3 is 12.1 Å². The maximum atomic E-state index is 12.9. The average molecular weight is 466 g/mol. The van der Waals surface area contributed by atoms with Crippen LogP contribution in [0.5, 0.6) is 11.5 Å². The Morgan fingerprint density at radius 2 is 1.82 bits per heavy atom. The van der Waals surface area contributed by atoms with Gasteiger partial charge < -0.3 is 24.4 Å². The van der Waals surface area contributed by atoms with Gasteiger partial charge in [-0.25, -0.2) is 9.59 Å². The fraction of sp³-hybridized carbons (Fsp3) is 0.231. The zero-order chi connectivity index (χ0) is 24.5. The van der Waals surface area contributed by atoms with E-state index in [-0.39, 0.29) is 11.5 Å². The van der Waals surface area contributed by atoms with Crippen molar-refractivity contribution in [2.24, 2.45) is 0 Å². The fourth-order valence-electron chi connectivity index (χ4n) is 3.67. The normalized spacial score (nSPS) is 12.9. The molecule has 0 spiro atoms. The first-order valence-corrected chi connectivity index (χ1v) is 10.7. The van der Waals surface area contributed by atoms with Crippen molar-refractivity contribution in [1.82, 2.24) is 0 Å². The number of aliphatic carboxylic acids is 1. The molecule has 0 aromatic heterocycles. The minimum atomic E-state index is -1.05. The number of nitrogens with one attached hydrogen (secondary N) is 1. The number of rotatable bonds is 10. The molecule has 178 valence electrons. The highest BCUT2D eigenvalue weighted by Crippen LogP contribution is 2.34. The summed E-state index contributed by atoms with van der Waals surface area (Å²) in [6.07, 6.45) is 1.14. The Hall–Kier alpha value is -4.04. The Bertz CT molecular complexity index is 1170. The number of ether oxygens (including phenoxy) is 3. The molecular weight excluding hydrogens is 438 g/mol. The maximum Gasteiger partial charge on any atom is 0.412 e. The molecule has 8 heteroatoms. The lowest BCUT2D eigenvalue weighted by atomic mass is 9.99. The summed E-state index contributed by atoms with van der Waals surface area (Å²) in [6, 6.07) is 17.9. The van der Waals surface area contributed by atoms with Crippen LogP contribution < -0.4 is 10.1 Å². The van der Waals surface area contributed by atoms with Gasteiger partial charge in [-0.15, -0.1) is 0 Å². The Morgan fingerprint density at radius 1 is 1.06 bits per heavy atom. The van der Waals surface area contributed by atoms with E-state index < -0.39 is 24.3 Å². The van der Waals surface area contributed by atoms with Crippen molar-refractivity contribution in [1.29, 1.82) is 0 Å². The van der Waals surface area contributed by atoms with Gasteiger partial charge in [0, 0.05) is 18.6 Å². The van der Waals surface area contributed by atoms with Crippen molar-refractivity contribution in [3.63, 3.8) is 0 Å². The van der Waals surface area contributed by atoms with Crippen LogP contribution in [-0.2, 0) is 14.3 Å². The second-order valence-electron chi connectivity index (χ2n) is 7.50. The van der Waals surface area contributed by atoms with E-state index in [2.05, 4.69) is 5.32 Å². The highest BCUT2D eigenvalue weighted by Gasteiger charge is 2.28. The van der Waals surface area contributed by atoms with Crippen molar-refractivity contribution in [3.05, 3.63) is 78.4 Å². The average Bonchev–Trinajstić information content (AvgIpc) is 2.83. The molecule has 0 saturated heterocycles. The zero-order valence-corrected chi connectivity index (χ0v) is 18.9. The molecule has 2 atom stereocenters. The van der Waals surface area contributed by atoms with Crippen LogP contribution in [0.1, 0.15) is 24.5 Å². The van der Waals surface area contributed by atoms with E-state index >= 15 is 0 Å². The molecule has 0 aliphatic rings. The smallest absolute Gasteiger partial charge is 0.412 e. The Labute approximate surface area is 197 Å². The van der Waals surface area contributed by atoms with E-state index in [1.165, 1.54) is 26.4 Å². The van der Waals surface area contributed by atoms with Crippen molar-refractivity contribution in [3.8, 4) is 11.5 Å². The standard InChI is InChI=1S/C26H27NO7/c1-32-22-15-14-18(16-21(22)28)25(23(33-2)12-5-6-13-24(29)30)34-26(31)27-20-11-7-9-17-8-3-4-10-19(17)20/h3-4,6-11,13-16,23,25,28H,5,12H2,1-2H3,(H,27,31)(H,29,30)/b13-6+/t23-,25-/m1/s1. The highest BCUT2D eigenvalue weighted by atomic mass is 16.6. The van der Waals surface area contributed by atoms with Gasteiger partial charge in [-0.05, 0) is 42.0 Å². The molecule has 0 fully saturated rings. The van der Waals surface area contributed by atoms with Crippen LogP contribution in [0.2, 0.25) is 0 Å². The second kappa shape index (κ2) is 11.7. The largest absolute Gasteiger partial charge is 0.504 e. The molecular formula is C26H27NO7. The van der Waals surface area contributed by atoms with E-state index in [4.69, 9.17) is 19.3 Å². The molecule has 3 N–H and O–H groups in total. The Kier molecular flexibility index (Phi) is 8.48. The van der Waals surface area contributed by atoms with Gasteiger partial charge in [0.25, 0.3) is 0 Å². The summed E-state index contributed by atoms with van der Waals surface area (Å²) in [5, 5.41) is 23.7. The summed E-state index contributed by atoms with van der Waals surface area (Å²) < 4.78 is 16.5. The van der Waals surface area contributed by atoms with Gasteiger partial charge in [0.05, 0.1) is 18.9 Å². The van der Waals surface area contributed by atoms with Gasteiger partial charge in [0.1, 0.15) is 0 Å². The number of carbonyl (C=O) groups is 2. The van der Waals surface area contributed by atoms with Crippen LogP contribution in [0.25, 0.3) is 10.8 Å². The van der Waals surface area contributed by atoms with Crippen molar-refractivity contribution >= 4 is 28.5 Å². The van der Waals surface area contributed by atoms with E-state index in [0.717, 1.165) is 16.8 Å². The third-order valence-corrected chi connectivity index (χ3v) is 5.31. The first-order chi connectivity index (χ1) is 16.4. The molecule has 0 unspecified atom stereocenters. The van der Waals surface area contributed by atoms with Crippen LogP contribution in [0, 0.1) is 0 Å². The van der Waals surface area contributed by atoms with Crippen LogP contribution in [-0.4, -0.2) is 42.6 Å². The topological polar surface area (TPSA) is 114 Å². The number of phenols is 1. The molecule has 0 bridgehead atoms. The molecule has 3 aromatic carbocycles. The summed E-state index contributed by atoms with van der Waals surface area (Å²) in [6.45, 7) is 0. The van der Waals surface area contributed by atoms with Gasteiger partial charge in [0.15, 0.2) is 17.6 Å². The zero-order valence-electron chi connectivity index (χ0n) is 18.9. The third-order valence-electron chi connectivity index (χ3n) is 5.31. The quantitative estimate of drug-likeness (QED) is 0.349. The number of amides is 1. The van der Waals surface area contributed by atoms with Gasteiger partial charge in [0.2, 0.25) is 0 Å². The number of hydrogen-bond acceptors (Lipinski definition) is 6. The van der Waals surface area contributed by atoms with Crippen molar-refractivity contribution < 1.29 is 34.0 Å². The van der Waals surface area contributed by atoms with E-state index in [1.807, 2.05) is 36.4 Å². The van der Waals surface area contributed by atoms with Gasteiger partial charge in [-0.2, -0.15) is 0 Å².